The lowest BCUT2D eigenvalue weighted by Gasteiger charge is -2.27. The molecule has 0 unspecified atom stereocenters. The van der Waals surface area contributed by atoms with E-state index in [4.69, 9.17) is 4.74 Å². The summed E-state index contributed by atoms with van der Waals surface area (Å²) in [6.07, 6.45) is 4.89. The van der Waals surface area contributed by atoms with E-state index in [0.29, 0.717) is 5.75 Å². The Morgan fingerprint density at radius 1 is 1.04 bits per heavy atom. The number of ether oxygens (including phenoxy) is 1. The molecule has 1 aliphatic rings. The number of carbonyl (C=O) groups excluding carboxylic acids is 1. The number of carbonyl (C=O) groups is 1. The molecule has 0 bridgehead atoms. The molecule has 1 amide bonds. The van der Waals surface area contributed by atoms with Crippen molar-refractivity contribution in [2.24, 2.45) is 0 Å². The molecule has 4 nitrogen and oxygen atoms in total. The van der Waals surface area contributed by atoms with Crippen LogP contribution in [-0.2, 0) is 4.79 Å². The van der Waals surface area contributed by atoms with Crippen LogP contribution >= 0.6 is 0 Å². The Kier molecular flexibility index (Phi) is 6.29. The molecule has 138 valence electrons. The number of rotatable bonds is 5. The van der Waals surface area contributed by atoms with Crippen LogP contribution in [0.4, 0.5) is 5.69 Å². The number of quaternary nitrogens is 1. The molecule has 0 saturated carbocycles. The minimum absolute atomic E-state index is 0.0389. The van der Waals surface area contributed by atoms with Gasteiger partial charge in [-0.1, -0.05) is 36.4 Å². The predicted molar refractivity (Wildman–Crippen MR) is 105 cm³/mol. The maximum atomic E-state index is 13.3. The normalized spacial score (nSPS) is 16.5. The average molecular weight is 353 g/mol. The van der Waals surface area contributed by atoms with Crippen molar-refractivity contribution >= 4 is 11.6 Å². The number of benzene rings is 2. The zero-order chi connectivity index (χ0) is 18.4. The van der Waals surface area contributed by atoms with Crippen LogP contribution in [0.1, 0.15) is 42.9 Å². The maximum absolute atomic E-state index is 13.3. The van der Waals surface area contributed by atoms with Crippen molar-refractivity contribution in [1.82, 2.24) is 0 Å². The van der Waals surface area contributed by atoms with Gasteiger partial charge in [0.25, 0.3) is 5.91 Å². The fraction of sp³-hybridized carbons (Fsp3) is 0.409. The van der Waals surface area contributed by atoms with Gasteiger partial charge in [-0.2, -0.15) is 0 Å². The highest BCUT2D eigenvalue weighted by molar-refractivity contribution is 5.96. The second-order valence-corrected chi connectivity index (χ2v) is 7.11. The number of anilines is 1. The van der Waals surface area contributed by atoms with Gasteiger partial charge in [0.15, 0.2) is 6.04 Å². The lowest BCUT2D eigenvalue weighted by molar-refractivity contribution is -0.921. The Labute approximate surface area is 156 Å². The highest BCUT2D eigenvalue weighted by atomic mass is 16.5. The monoisotopic (exact) mass is 353 g/mol. The summed E-state index contributed by atoms with van der Waals surface area (Å²) in [6.45, 7) is 4.10. The van der Waals surface area contributed by atoms with E-state index in [1.54, 1.807) is 7.11 Å². The predicted octanol–water partition coefficient (Wildman–Crippen LogP) is 3.14. The first kappa shape index (κ1) is 18.5. The highest BCUT2D eigenvalue weighted by Gasteiger charge is 2.32. The van der Waals surface area contributed by atoms with Crippen molar-refractivity contribution < 1.29 is 14.4 Å². The number of hydrogen-bond donors (Lipinski definition) is 2. The molecular weight excluding hydrogens is 324 g/mol. The van der Waals surface area contributed by atoms with Gasteiger partial charge in [-0.05, 0) is 50.3 Å². The van der Waals surface area contributed by atoms with Crippen molar-refractivity contribution in [2.45, 2.75) is 38.6 Å². The molecule has 1 saturated heterocycles. The van der Waals surface area contributed by atoms with Crippen LogP contribution in [0.15, 0.2) is 48.5 Å². The fourth-order valence-corrected chi connectivity index (χ4v) is 3.81. The first-order valence-corrected chi connectivity index (χ1v) is 9.54. The second-order valence-electron chi connectivity index (χ2n) is 7.11. The van der Waals surface area contributed by atoms with Crippen LogP contribution in [0.2, 0.25) is 0 Å². The Morgan fingerprint density at radius 2 is 1.73 bits per heavy atom. The van der Waals surface area contributed by atoms with Gasteiger partial charge in [-0.3, -0.25) is 4.79 Å². The molecule has 4 heteroatoms. The van der Waals surface area contributed by atoms with E-state index in [2.05, 4.69) is 17.4 Å². The number of hydrogen-bond acceptors (Lipinski definition) is 2. The molecule has 0 radical (unpaired) electrons. The summed E-state index contributed by atoms with van der Waals surface area (Å²) in [5.41, 5.74) is 2.92. The van der Waals surface area contributed by atoms with E-state index in [9.17, 15) is 4.79 Å². The van der Waals surface area contributed by atoms with Gasteiger partial charge < -0.3 is 15.0 Å². The quantitative estimate of drug-likeness (QED) is 0.867. The van der Waals surface area contributed by atoms with Crippen LogP contribution in [-0.4, -0.2) is 26.1 Å². The van der Waals surface area contributed by atoms with Gasteiger partial charge in [0.2, 0.25) is 0 Å². The molecule has 1 aliphatic heterocycles. The molecule has 1 fully saturated rings. The van der Waals surface area contributed by atoms with E-state index in [1.165, 1.54) is 30.6 Å². The summed E-state index contributed by atoms with van der Waals surface area (Å²) in [5.74, 6) is 0.735. The van der Waals surface area contributed by atoms with Gasteiger partial charge in [0.05, 0.1) is 25.9 Å². The van der Waals surface area contributed by atoms with Gasteiger partial charge in [-0.15, -0.1) is 0 Å². The lowest BCUT2D eigenvalue weighted by atomic mass is 10.0. The molecule has 1 atom stereocenters. The number of likely N-dealkylation sites (tertiary alicyclic amines) is 1. The topological polar surface area (TPSA) is 42.8 Å². The second kappa shape index (κ2) is 8.86. The molecule has 1 heterocycles. The van der Waals surface area contributed by atoms with Crippen LogP contribution in [0.5, 0.6) is 5.75 Å². The summed E-state index contributed by atoms with van der Waals surface area (Å²) in [4.78, 5) is 14.7. The van der Waals surface area contributed by atoms with E-state index in [1.807, 2.05) is 43.3 Å². The average Bonchev–Trinajstić information content (AvgIpc) is 2.92. The number of aryl methyl sites for hydroxylation is 1. The van der Waals surface area contributed by atoms with Crippen molar-refractivity contribution in [3.05, 3.63) is 59.7 Å². The lowest BCUT2D eigenvalue weighted by Crippen LogP contribution is -3.13. The third-order valence-corrected chi connectivity index (χ3v) is 5.16. The van der Waals surface area contributed by atoms with Gasteiger partial charge >= 0.3 is 0 Å². The molecule has 2 aromatic carbocycles. The zero-order valence-electron chi connectivity index (χ0n) is 15.8. The molecule has 3 rings (SSSR count). The molecule has 0 aromatic heterocycles. The number of amides is 1. The number of nitrogens with one attached hydrogen (secondary N) is 2. The van der Waals surface area contributed by atoms with E-state index in [0.717, 1.165) is 29.9 Å². The van der Waals surface area contributed by atoms with Crippen LogP contribution in [0.25, 0.3) is 0 Å². The van der Waals surface area contributed by atoms with Gasteiger partial charge in [0, 0.05) is 5.56 Å². The third-order valence-electron chi connectivity index (χ3n) is 5.16. The molecule has 26 heavy (non-hydrogen) atoms. The third kappa shape index (κ3) is 4.44. The van der Waals surface area contributed by atoms with Crippen LogP contribution in [0.3, 0.4) is 0 Å². The van der Waals surface area contributed by atoms with Gasteiger partial charge in [-0.25, -0.2) is 0 Å². The van der Waals surface area contributed by atoms with Gasteiger partial charge in [0.1, 0.15) is 5.75 Å². The summed E-state index contributed by atoms with van der Waals surface area (Å²) >= 11 is 0. The largest absolute Gasteiger partial charge is 0.495 e. The fourth-order valence-electron chi connectivity index (χ4n) is 3.81. The summed E-state index contributed by atoms with van der Waals surface area (Å²) in [7, 11) is 1.63. The molecular formula is C22H29N2O2+. The zero-order valence-corrected chi connectivity index (χ0v) is 15.8. The smallest absolute Gasteiger partial charge is 0.287 e. The molecule has 0 aliphatic carbocycles. The highest BCUT2D eigenvalue weighted by Crippen LogP contribution is 2.26. The minimum atomic E-state index is -0.195. The number of methoxy groups -OCH3 is 1. The molecule has 2 aromatic rings. The Morgan fingerprint density at radius 3 is 2.38 bits per heavy atom. The summed E-state index contributed by atoms with van der Waals surface area (Å²) in [6, 6.07) is 15.8. The van der Waals surface area contributed by atoms with Crippen molar-refractivity contribution in [1.29, 1.82) is 0 Å². The van der Waals surface area contributed by atoms with E-state index in [-0.39, 0.29) is 11.9 Å². The van der Waals surface area contributed by atoms with Crippen molar-refractivity contribution in [3.63, 3.8) is 0 Å². The van der Waals surface area contributed by atoms with Crippen LogP contribution < -0.4 is 15.0 Å². The van der Waals surface area contributed by atoms with Crippen LogP contribution in [0, 0.1) is 6.92 Å². The van der Waals surface area contributed by atoms with Crippen molar-refractivity contribution in [2.75, 3.05) is 25.5 Å². The van der Waals surface area contributed by atoms with E-state index < -0.39 is 0 Å². The maximum Gasteiger partial charge on any atom is 0.287 e. The standard InChI is InChI=1S/C22H28N2O2/c1-17-12-13-20(26-2)19(16-17)23-22(25)21(18-10-6-5-7-11-18)24-14-8-3-4-9-15-24/h5-7,10-13,16,21H,3-4,8-9,14-15H2,1-2H3,(H,23,25)/p+1/t21-/m1/s1. The summed E-state index contributed by atoms with van der Waals surface area (Å²) in [5, 5.41) is 3.13. The Hall–Kier alpha value is -2.33. The SMILES string of the molecule is COc1ccc(C)cc1NC(=O)[C@@H](c1ccccc1)[NH+]1CCCCCC1. The summed E-state index contributed by atoms with van der Waals surface area (Å²) < 4.78 is 5.43. The minimum Gasteiger partial charge on any atom is -0.495 e. The van der Waals surface area contributed by atoms with Crippen molar-refractivity contribution in [3.8, 4) is 5.75 Å². The Balaban J connectivity index is 1.89. The molecule has 2 N–H and O–H groups in total. The first-order chi connectivity index (χ1) is 12.7. The Bertz CT molecular complexity index is 722. The first-order valence-electron chi connectivity index (χ1n) is 9.54. The van der Waals surface area contributed by atoms with E-state index >= 15 is 0 Å². The molecule has 0 spiro atoms.